The lowest BCUT2D eigenvalue weighted by Gasteiger charge is -2.44. The molecule has 2 rings (SSSR count). The molecule has 1 nitrogen and oxygen atoms in total. The molecular formula is C15H22BrN. The Morgan fingerprint density at radius 1 is 1.18 bits per heavy atom. The van der Waals surface area contributed by atoms with Gasteiger partial charge in [0.15, 0.2) is 0 Å². The summed E-state index contributed by atoms with van der Waals surface area (Å²) in [6, 6.07) is 8.86. The van der Waals surface area contributed by atoms with Gasteiger partial charge in [-0.05, 0) is 51.3 Å². The van der Waals surface area contributed by atoms with Crippen LogP contribution in [0.3, 0.4) is 0 Å². The molecular weight excluding hydrogens is 274 g/mol. The van der Waals surface area contributed by atoms with Gasteiger partial charge in [-0.1, -0.05) is 34.5 Å². The van der Waals surface area contributed by atoms with Crippen molar-refractivity contribution in [3.8, 4) is 0 Å². The van der Waals surface area contributed by atoms with Gasteiger partial charge in [0.2, 0.25) is 0 Å². The molecule has 0 aliphatic heterocycles. The Morgan fingerprint density at radius 3 is 2.18 bits per heavy atom. The third-order valence-corrected chi connectivity index (χ3v) is 4.25. The molecule has 94 valence electrons. The van der Waals surface area contributed by atoms with E-state index in [4.69, 9.17) is 0 Å². The zero-order valence-corrected chi connectivity index (χ0v) is 12.6. The fraction of sp³-hybridized carbons (Fsp3) is 0.600. The van der Waals surface area contributed by atoms with Crippen molar-refractivity contribution in [2.24, 2.45) is 0 Å². The van der Waals surface area contributed by atoms with Gasteiger partial charge in [0.25, 0.3) is 0 Å². The molecule has 1 saturated carbocycles. The zero-order valence-electron chi connectivity index (χ0n) is 11.0. The first-order valence-corrected chi connectivity index (χ1v) is 7.22. The molecule has 0 bridgehead atoms. The largest absolute Gasteiger partial charge is 0.311 e. The minimum Gasteiger partial charge on any atom is -0.311 e. The molecule has 0 spiro atoms. The Labute approximate surface area is 113 Å². The Bertz CT molecular complexity index is 371. The van der Waals surface area contributed by atoms with Crippen LogP contribution in [0.15, 0.2) is 28.7 Å². The first-order chi connectivity index (χ1) is 7.91. The summed E-state index contributed by atoms with van der Waals surface area (Å²) in [6.07, 6.45) is 4.00. The van der Waals surface area contributed by atoms with Crippen molar-refractivity contribution in [1.82, 2.24) is 5.32 Å². The van der Waals surface area contributed by atoms with Crippen molar-refractivity contribution in [2.75, 3.05) is 6.54 Å². The van der Waals surface area contributed by atoms with Gasteiger partial charge in [-0.25, -0.2) is 0 Å². The monoisotopic (exact) mass is 295 g/mol. The zero-order chi connectivity index (χ0) is 12.5. The molecule has 0 saturated heterocycles. The minimum atomic E-state index is 0.206. The second-order valence-corrected chi connectivity index (χ2v) is 7.16. The average molecular weight is 296 g/mol. The van der Waals surface area contributed by atoms with Crippen molar-refractivity contribution in [2.45, 2.75) is 51.0 Å². The smallest absolute Gasteiger partial charge is 0.0175 e. The van der Waals surface area contributed by atoms with Crippen LogP contribution in [-0.4, -0.2) is 12.1 Å². The quantitative estimate of drug-likeness (QED) is 0.879. The number of halogens is 1. The highest BCUT2D eigenvalue weighted by molar-refractivity contribution is 9.10. The molecule has 1 aromatic carbocycles. The van der Waals surface area contributed by atoms with Crippen LogP contribution in [0.25, 0.3) is 0 Å². The molecule has 0 unspecified atom stereocenters. The Morgan fingerprint density at radius 2 is 1.76 bits per heavy atom. The lowest BCUT2D eigenvalue weighted by Crippen LogP contribution is -2.49. The number of hydrogen-bond donors (Lipinski definition) is 1. The first kappa shape index (κ1) is 13.1. The summed E-state index contributed by atoms with van der Waals surface area (Å²) in [5.41, 5.74) is 2.08. The minimum absolute atomic E-state index is 0.206. The lowest BCUT2D eigenvalue weighted by atomic mass is 9.64. The maximum Gasteiger partial charge on any atom is 0.0175 e. The summed E-state index contributed by atoms with van der Waals surface area (Å²) < 4.78 is 1.17. The van der Waals surface area contributed by atoms with Gasteiger partial charge >= 0.3 is 0 Å². The van der Waals surface area contributed by atoms with Crippen molar-refractivity contribution in [3.05, 3.63) is 34.3 Å². The second kappa shape index (κ2) is 4.74. The van der Waals surface area contributed by atoms with Gasteiger partial charge in [0.1, 0.15) is 0 Å². The average Bonchev–Trinajstić information content (AvgIpc) is 2.17. The molecule has 1 aliphatic rings. The molecule has 1 aromatic rings. The highest BCUT2D eigenvalue weighted by Crippen LogP contribution is 2.43. The summed E-state index contributed by atoms with van der Waals surface area (Å²) in [4.78, 5) is 0. The predicted molar refractivity (Wildman–Crippen MR) is 77.4 cm³/mol. The summed E-state index contributed by atoms with van der Waals surface area (Å²) >= 11 is 3.51. The van der Waals surface area contributed by atoms with E-state index in [2.05, 4.69) is 66.3 Å². The predicted octanol–water partition coefficient (Wildman–Crippen LogP) is 4.26. The van der Waals surface area contributed by atoms with Crippen molar-refractivity contribution >= 4 is 15.9 Å². The summed E-state index contributed by atoms with van der Waals surface area (Å²) in [5.74, 6) is 0. The highest BCUT2D eigenvalue weighted by atomic mass is 79.9. The third-order valence-electron chi connectivity index (χ3n) is 3.72. The second-order valence-electron chi connectivity index (χ2n) is 6.24. The topological polar surface area (TPSA) is 12.0 Å². The molecule has 0 heterocycles. The standard InChI is InChI=1S/C15H22BrN/c1-14(2,3)17-11-15(9-4-10-15)12-5-7-13(16)8-6-12/h5-8,17H,4,9-11H2,1-3H3. The summed E-state index contributed by atoms with van der Waals surface area (Å²) in [7, 11) is 0. The number of benzene rings is 1. The first-order valence-electron chi connectivity index (χ1n) is 6.42. The molecule has 0 radical (unpaired) electrons. The molecule has 0 amide bonds. The van der Waals surface area contributed by atoms with E-state index < -0.39 is 0 Å². The van der Waals surface area contributed by atoms with Crippen LogP contribution in [0.4, 0.5) is 0 Å². The van der Waals surface area contributed by atoms with Crippen molar-refractivity contribution < 1.29 is 0 Å². The molecule has 0 aromatic heterocycles. The molecule has 0 atom stereocenters. The van der Waals surface area contributed by atoms with E-state index in [-0.39, 0.29) is 5.54 Å². The maximum absolute atomic E-state index is 3.67. The van der Waals surface area contributed by atoms with Gasteiger partial charge in [0, 0.05) is 22.0 Å². The van der Waals surface area contributed by atoms with E-state index in [0.717, 1.165) is 6.54 Å². The van der Waals surface area contributed by atoms with E-state index in [1.165, 1.54) is 29.3 Å². The van der Waals surface area contributed by atoms with E-state index in [0.29, 0.717) is 5.41 Å². The Hall–Kier alpha value is -0.340. The van der Waals surface area contributed by atoms with E-state index in [9.17, 15) is 0 Å². The number of rotatable bonds is 3. The summed E-state index contributed by atoms with van der Waals surface area (Å²) in [5, 5.41) is 3.67. The van der Waals surface area contributed by atoms with Gasteiger partial charge in [-0.2, -0.15) is 0 Å². The van der Waals surface area contributed by atoms with Crippen LogP contribution in [0.1, 0.15) is 45.6 Å². The van der Waals surface area contributed by atoms with Crippen LogP contribution in [0.2, 0.25) is 0 Å². The fourth-order valence-corrected chi connectivity index (χ4v) is 2.67. The number of nitrogens with one attached hydrogen (secondary N) is 1. The van der Waals surface area contributed by atoms with Crippen LogP contribution in [0.5, 0.6) is 0 Å². The van der Waals surface area contributed by atoms with E-state index in [1.807, 2.05) is 0 Å². The van der Waals surface area contributed by atoms with Crippen molar-refractivity contribution in [1.29, 1.82) is 0 Å². The van der Waals surface area contributed by atoms with Crippen molar-refractivity contribution in [3.63, 3.8) is 0 Å². The Kier molecular flexibility index (Phi) is 3.65. The molecule has 17 heavy (non-hydrogen) atoms. The maximum atomic E-state index is 3.67. The van der Waals surface area contributed by atoms with Crippen LogP contribution in [0, 0.1) is 0 Å². The van der Waals surface area contributed by atoms with Crippen LogP contribution < -0.4 is 5.32 Å². The normalized spacial score (nSPS) is 18.8. The van der Waals surface area contributed by atoms with Gasteiger partial charge in [0.05, 0.1) is 0 Å². The van der Waals surface area contributed by atoms with Crippen LogP contribution >= 0.6 is 15.9 Å². The van der Waals surface area contributed by atoms with Gasteiger partial charge in [-0.3, -0.25) is 0 Å². The molecule has 1 fully saturated rings. The fourth-order valence-electron chi connectivity index (χ4n) is 2.41. The highest BCUT2D eigenvalue weighted by Gasteiger charge is 2.38. The van der Waals surface area contributed by atoms with Crippen LogP contribution in [-0.2, 0) is 5.41 Å². The van der Waals surface area contributed by atoms with E-state index >= 15 is 0 Å². The number of hydrogen-bond acceptors (Lipinski definition) is 1. The third kappa shape index (κ3) is 3.11. The lowest BCUT2D eigenvalue weighted by molar-refractivity contribution is 0.213. The summed E-state index contributed by atoms with van der Waals surface area (Å²) in [6.45, 7) is 7.81. The molecule has 1 N–H and O–H groups in total. The van der Waals surface area contributed by atoms with Gasteiger partial charge < -0.3 is 5.32 Å². The molecule has 2 heteroatoms. The SMILES string of the molecule is CC(C)(C)NCC1(c2ccc(Br)cc2)CCC1. The Balaban J connectivity index is 2.11. The molecule has 1 aliphatic carbocycles. The van der Waals surface area contributed by atoms with Gasteiger partial charge in [-0.15, -0.1) is 0 Å². The van der Waals surface area contributed by atoms with E-state index in [1.54, 1.807) is 0 Å².